The van der Waals surface area contributed by atoms with Gasteiger partial charge in [-0.1, -0.05) is 48.0 Å². The number of hydrogen-bond donors (Lipinski definition) is 2. The molecule has 1 aromatic heterocycles. The number of amides is 1. The Hall–Kier alpha value is -3.61. The topological polar surface area (TPSA) is 95.1 Å². The molecule has 7 nitrogen and oxygen atoms in total. The van der Waals surface area contributed by atoms with Crippen molar-refractivity contribution in [1.82, 2.24) is 14.8 Å². The Kier molecular flexibility index (Phi) is 4.80. The molecular formula is C22H23N5O2. The van der Waals surface area contributed by atoms with Crippen LogP contribution < -0.4 is 15.8 Å². The molecule has 0 saturated heterocycles. The number of primary amides is 1. The third-order valence-electron chi connectivity index (χ3n) is 4.94. The molecule has 3 aromatic rings. The summed E-state index contributed by atoms with van der Waals surface area (Å²) in [5, 5.41) is 7.89. The zero-order chi connectivity index (χ0) is 20.5. The molecule has 29 heavy (non-hydrogen) atoms. The van der Waals surface area contributed by atoms with Gasteiger partial charge < -0.3 is 15.8 Å². The normalized spacial score (nSPS) is 15.6. The lowest BCUT2D eigenvalue weighted by atomic mass is 9.94. The number of nitrogens with zero attached hydrogens (tertiary/aromatic N) is 3. The van der Waals surface area contributed by atoms with Crippen LogP contribution in [0.2, 0.25) is 0 Å². The van der Waals surface area contributed by atoms with E-state index in [4.69, 9.17) is 15.6 Å². The molecule has 0 bridgehead atoms. The highest BCUT2D eigenvalue weighted by Crippen LogP contribution is 2.39. The number of anilines is 1. The maximum absolute atomic E-state index is 12.4. The second-order valence-corrected chi connectivity index (χ2v) is 6.97. The van der Waals surface area contributed by atoms with Crippen molar-refractivity contribution >= 4 is 11.9 Å². The van der Waals surface area contributed by atoms with Gasteiger partial charge >= 0.3 is 0 Å². The van der Waals surface area contributed by atoms with Crippen molar-refractivity contribution in [1.29, 1.82) is 0 Å². The quantitative estimate of drug-likeness (QED) is 0.697. The molecular weight excluding hydrogens is 366 g/mol. The lowest BCUT2D eigenvalue weighted by molar-refractivity contribution is -0.115. The number of nitrogens with two attached hydrogens (primary N) is 1. The van der Waals surface area contributed by atoms with Gasteiger partial charge in [0.25, 0.3) is 0 Å². The number of carbonyl (C=O) groups excluding carboxylic acids is 1. The first kappa shape index (κ1) is 18.7. The molecule has 1 amide bonds. The van der Waals surface area contributed by atoms with E-state index in [1.165, 1.54) is 0 Å². The van der Waals surface area contributed by atoms with E-state index in [1.807, 2.05) is 69.3 Å². The van der Waals surface area contributed by atoms with Crippen LogP contribution in [0, 0.1) is 6.92 Å². The van der Waals surface area contributed by atoms with E-state index in [-0.39, 0.29) is 0 Å². The molecule has 0 fully saturated rings. The first-order valence-corrected chi connectivity index (χ1v) is 9.52. The van der Waals surface area contributed by atoms with E-state index in [0.717, 1.165) is 16.7 Å². The molecule has 1 aliphatic rings. The summed E-state index contributed by atoms with van der Waals surface area (Å²) in [4.78, 5) is 17.0. The molecule has 4 rings (SSSR count). The van der Waals surface area contributed by atoms with E-state index in [1.54, 1.807) is 4.68 Å². The molecule has 0 spiro atoms. The maximum atomic E-state index is 12.4. The van der Waals surface area contributed by atoms with Crippen molar-refractivity contribution in [3.63, 3.8) is 0 Å². The first-order valence-electron chi connectivity index (χ1n) is 9.52. The summed E-state index contributed by atoms with van der Waals surface area (Å²) in [5.74, 6) is 1.31. The van der Waals surface area contributed by atoms with Crippen LogP contribution in [0.25, 0.3) is 11.4 Å². The van der Waals surface area contributed by atoms with Gasteiger partial charge in [0.15, 0.2) is 5.82 Å². The predicted molar refractivity (Wildman–Crippen MR) is 111 cm³/mol. The number of benzene rings is 2. The lowest BCUT2D eigenvalue weighted by Gasteiger charge is -2.28. The summed E-state index contributed by atoms with van der Waals surface area (Å²) in [6.45, 7) is 6.28. The van der Waals surface area contributed by atoms with Crippen molar-refractivity contribution in [3.05, 3.63) is 70.9 Å². The SMILES string of the molecule is CCOc1ccccc1[C@H]1C(C(N)=O)=C(C)Nc2nc(-c3ccc(C)cc3)nn21. The maximum Gasteiger partial charge on any atom is 0.248 e. The van der Waals surface area contributed by atoms with Crippen molar-refractivity contribution in [2.45, 2.75) is 26.8 Å². The van der Waals surface area contributed by atoms with Gasteiger partial charge in [0.2, 0.25) is 11.9 Å². The Bertz CT molecular complexity index is 1100. The van der Waals surface area contributed by atoms with Gasteiger partial charge in [-0.05, 0) is 26.8 Å². The highest BCUT2D eigenvalue weighted by molar-refractivity contribution is 5.95. The lowest BCUT2D eigenvalue weighted by Crippen LogP contribution is -2.32. The van der Waals surface area contributed by atoms with Crippen LogP contribution in [0.1, 0.15) is 31.0 Å². The number of nitrogens with one attached hydrogen (secondary N) is 1. The fourth-order valence-corrected chi connectivity index (χ4v) is 3.58. The molecule has 0 unspecified atom stereocenters. The second-order valence-electron chi connectivity index (χ2n) is 6.97. The summed E-state index contributed by atoms with van der Waals surface area (Å²) in [5.41, 5.74) is 9.72. The zero-order valence-electron chi connectivity index (χ0n) is 16.6. The average molecular weight is 389 g/mol. The number of hydrogen-bond acceptors (Lipinski definition) is 5. The Labute approximate surface area is 169 Å². The van der Waals surface area contributed by atoms with E-state index in [9.17, 15) is 4.79 Å². The third kappa shape index (κ3) is 3.35. The molecule has 3 N–H and O–H groups in total. The standard InChI is InChI=1S/C22H23N5O2/c1-4-29-17-8-6-5-7-16(17)19-18(20(23)28)14(3)24-22-25-21(26-27(19)22)15-11-9-13(2)10-12-15/h5-12,19H,4H2,1-3H3,(H2,23,28)(H,24,25,26)/t19-/m0/s1. The Morgan fingerprint density at radius 1 is 1.17 bits per heavy atom. The van der Waals surface area contributed by atoms with E-state index in [2.05, 4.69) is 10.3 Å². The Morgan fingerprint density at radius 2 is 1.90 bits per heavy atom. The number of rotatable bonds is 5. The van der Waals surface area contributed by atoms with Gasteiger partial charge in [-0.3, -0.25) is 4.79 Å². The number of fused-ring (bicyclic) bond motifs is 1. The summed E-state index contributed by atoms with van der Waals surface area (Å²) in [6.07, 6.45) is 0. The predicted octanol–water partition coefficient (Wildman–Crippen LogP) is 3.43. The number of allylic oxidation sites excluding steroid dienone is 1. The number of ether oxygens (including phenoxy) is 1. The highest BCUT2D eigenvalue weighted by atomic mass is 16.5. The van der Waals surface area contributed by atoms with Crippen LogP contribution in [0.15, 0.2) is 59.8 Å². The Morgan fingerprint density at radius 3 is 2.59 bits per heavy atom. The molecule has 1 aliphatic heterocycles. The van der Waals surface area contributed by atoms with Crippen molar-refractivity contribution in [3.8, 4) is 17.1 Å². The van der Waals surface area contributed by atoms with Crippen LogP contribution in [0.4, 0.5) is 5.95 Å². The van der Waals surface area contributed by atoms with Crippen LogP contribution in [0.5, 0.6) is 5.75 Å². The number of carbonyl (C=O) groups is 1. The number of aromatic nitrogens is 3. The molecule has 148 valence electrons. The Balaban J connectivity index is 1.89. The van der Waals surface area contributed by atoms with Gasteiger partial charge in [-0.25, -0.2) is 4.68 Å². The fourth-order valence-electron chi connectivity index (χ4n) is 3.58. The minimum absolute atomic E-state index is 0.435. The molecule has 7 heteroatoms. The summed E-state index contributed by atoms with van der Waals surface area (Å²) >= 11 is 0. The van der Waals surface area contributed by atoms with Gasteiger partial charge in [0, 0.05) is 16.8 Å². The smallest absolute Gasteiger partial charge is 0.248 e. The average Bonchev–Trinajstić information content (AvgIpc) is 3.11. The molecule has 0 radical (unpaired) electrons. The van der Waals surface area contributed by atoms with Crippen LogP contribution in [-0.4, -0.2) is 27.3 Å². The van der Waals surface area contributed by atoms with Crippen molar-refractivity contribution in [2.75, 3.05) is 11.9 Å². The molecule has 2 aromatic carbocycles. The van der Waals surface area contributed by atoms with Gasteiger partial charge in [0.05, 0.1) is 12.2 Å². The van der Waals surface area contributed by atoms with Crippen LogP contribution >= 0.6 is 0 Å². The van der Waals surface area contributed by atoms with Crippen LogP contribution in [-0.2, 0) is 4.79 Å². The van der Waals surface area contributed by atoms with Gasteiger partial charge in [-0.2, -0.15) is 4.98 Å². The van der Waals surface area contributed by atoms with Gasteiger partial charge in [-0.15, -0.1) is 5.10 Å². The zero-order valence-corrected chi connectivity index (χ0v) is 16.6. The summed E-state index contributed by atoms with van der Waals surface area (Å²) in [6, 6.07) is 15.1. The van der Waals surface area contributed by atoms with Crippen molar-refractivity contribution < 1.29 is 9.53 Å². The van der Waals surface area contributed by atoms with E-state index >= 15 is 0 Å². The monoisotopic (exact) mass is 389 g/mol. The van der Waals surface area contributed by atoms with Gasteiger partial charge in [0.1, 0.15) is 11.8 Å². The fraction of sp³-hybridized carbons (Fsp3) is 0.227. The van der Waals surface area contributed by atoms with E-state index < -0.39 is 11.9 Å². The first-order chi connectivity index (χ1) is 14.0. The molecule has 1 atom stereocenters. The number of para-hydroxylation sites is 1. The molecule has 0 saturated carbocycles. The van der Waals surface area contributed by atoms with Crippen molar-refractivity contribution in [2.24, 2.45) is 5.73 Å². The largest absolute Gasteiger partial charge is 0.494 e. The second kappa shape index (κ2) is 7.43. The highest BCUT2D eigenvalue weighted by Gasteiger charge is 2.35. The van der Waals surface area contributed by atoms with E-state index in [0.29, 0.717) is 35.4 Å². The molecule has 0 aliphatic carbocycles. The molecule has 2 heterocycles. The summed E-state index contributed by atoms with van der Waals surface area (Å²) < 4.78 is 7.53. The number of aryl methyl sites for hydroxylation is 1. The third-order valence-corrected chi connectivity index (χ3v) is 4.94. The minimum atomic E-state index is -0.529. The van der Waals surface area contributed by atoms with Crippen LogP contribution in [0.3, 0.4) is 0 Å². The minimum Gasteiger partial charge on any atom is -0.494 e. The summed E-state index contributed by atoms with van der Waals surface area (Å²) in [7, 11) is 0.